The summed E-state index contributed by atoms with van der Waals surface area (Å²) >= 11 is 0. The maximum absolute atomic E-state index is 12.5. The third-order valence-corrected chi connectivity index (χ3v) is 4.62. The molecule has 0 N–H and O–H groups in total. The quantitative estimate of drug-likeness (QED) is 0.768. The van der Waals surface area contributed by atoms with Crippen molar-refractivity contribution in [1.29, 1.82) is 0 Å². The molecule has 1 radical (unpaired) electrons. The van der Waals surface area contributed by atoms with Gasteiger partial charge in [0.1, 0.15) is 12.7 Å². The van der Waals surface area contributed by atoms with E-state index in [4.69, 9.17) is 0 Å². The second-order valence-electron chi connectivity index (χ2n) is 6.11. The summed E-state index contributed by atoms with van der Waals surface area (Å²) < 4.78 is 2.00. The predicted octanol–water partition coefficient (Wildman–Crippen LogP) is 2.01. The minimum Gasteiger partial charge on any atom is -0.783 e. The van der Waals surface area contributed by atoms with Crippen LogP contribution in [0.4, 0.5) is 0 Å². The second kappa shape index (κ2) is 4.52. The Balaban J connectivity index is 2.39. The minimum absolute atomic E-state index is 0.726. The number of hydrogen-bond acceptors (Lipinski definition) is 3. The Kier molecular flexibility index (Phi) is 3.43. The van der Waals surface area contributed by atoms with E-state index in [1.807, 2.05) is 63.7 Å². The third-order valence-electron chi connectivity index (χ3n) is 4.62. The van der Waals surface area contributed by atoms with E-state index in [0.717, 1.165) is 22.2 Å². The first kappa shape index (κ1) is 14.4. The molecule has 0 unspecified atom stereocenters. The zero-order valence-corrected chi connectivity index (χ0v) is 12.3. The maximum Gasteiger partial charge on any atom is 0.169 e. The monoisotopic (exact) mass is 264 g/mol. The summed E-state index contributed by atoms with van der Waals surface area (Å²) in [6.45, 7) is 10.2. The molecule has 105 valence electrons. The van der Waals surface area contributed by atoms with Crippen molar-refractivity contribution < 1.29 is 9.77 Å². The smallest absolute Gasteiger partial charge is 0.169 e. The molecular weight excluding hydrogens is 242 g/mol. The van der Waals surface area contributed by atoms with Crippen LogP contribution >= 0.6 is 0 Å². The molecule has 0 bridgehead atoms. The summed E-state index contributed by atoms with van der Waals surface area (Å²) in [5.41, 5.74) is -0.709. The van der Waals surface area contributed by atoms with Gasteiger partial charge in [0.05, 0.1) is 5.54 Å². The summed E-state index contributed by atoms with van der Waals surface area (Å²) in [6, 6.07) is 3.70. The van der Waals surface area contributed by atoms with Crippen LogP contribution in [0.3, 0.4) is 0 Å². The lowest BCUT2D eigenvalue weighted by atomic mass is 9.84. The summed E-state index contributed by atoms with van der Waals surface area (Å²) in [7, 11) is 0. The molecule has 0 atom stereocenters. The van der Waals surface area contributed by atoms with Crippen LogP contribution in [0, 0.1) is 5.21 Å². The van der Waals surface area contributed by atoms with Crippen LogP contribution in [-0.2, 0) is 11.8 Å². The van der Waals surface area contributed by atoms with Crippen LogP contribution in [0.15, 0.2) is 24.5 Å². The average molecular weight is 264 g/mol. The molecule has 0 aromatic carbocycles. The van der Waals surface area contributed by atoms with Crippen molar-refractivity contribution in [1.82, 2.24) is 10.1 Å². The third kappa shape index (κ3) is 1.97. The number of aromatic nitrogens is 1. The average Bonchev–Trinajstić information content (AvgIpc) is 2.49. The van der Waals surface area contributed by atoms with Crippen LogP contribution in [0.5, 0.6) is 0 Å². The van der Waals surface area contributed by atoms with Crippen molar-refractivity contribution >= 4 is 0 Å². The first-order valence-corrected chi connectivity index (χ1v) is 6.65. The van der Waals surface area contributed by atoms with Crippen molar-refractivity contribution in [2.75, 3.05) is 0 Å². The normalized spacial score (nSPS) is 26.8. The number of pyridine rings is 1. The van der Waals surface area contributed by atoms with Gasteiger partial charge in [-0.15, -0.1) is 10.3 Å². The van der Waals surface area contributed by atoms with Crippen molar-refractivity contribution in [3.8, 4) is 0 Å². The molecule has 1 aliphatic heterocycles. The van der Waals surface area contributed by atoms with E-state index < -0.39 is 17.2 Å². The number of nitrogens with zero attached hydrogens (tertiary/aromatic N) is 3. The Bertz CT molecular complexity index is 436. The van der Waals surface area contributed by atoms with Crippen molar-refractivity contribution in [2.45, 2.75) is 58.4 Å². The minimum atomic E-state index is -0.767. The molecule has 2 heterocycles. The van der Waals surface area contributed by atoms with E-state index in [0.29, 0.717) is 0 Å². The van der Waals surface area contributed by atoms with Crippen LogP contribution in [0.1, 0.15) is 46.3 Å². The zero-order valence-electron chi connectivity index (χ0n) is 12.3. The first-order chi connectivity index (χ1) is 8.73. The predicted molar refractivity (Wildman–Crippen MR) is 70.9 cm³/mol. The molecule has 0 aliphatic carbocycles. The molecule has 2 rings (SSSR count). The Morgan fingerprint density at radius 2 is 1.74 bits per heavy atom. The standard InChI is InChI=1S/C14H22N3O2/c1-6-15-9-7-11(8-10-15)12-16(18)13(2,3)14(4,5)17(12)19/h7-10,12H,6H2,1-5H3. The van der Waals surface area contributed by atoms with Crippen LogP contribution in [0.25, 0.3) is 0 Å². The van der Waals surface area contributed by atoms with E-state index in [2.05, 4.69) is 0 Å². The molecule has 0 saturated carbocycles. The Labute approximate surface area is 114 Å². The highest BCUT2D eigenvalue weighted by molar-refractivity contribution is 5.20. The Hall–Kier alpha value is -1.01. The highest BCUT2D eigenvalue weighted by Crippen LogP contribution is 2.47. The summed E-state index contributed by atoms with van der Waals surface area (Å²) in [4.78, 5) is 0. The van der Waals surface area contributed by atoms with Crippen molar-refractivity contribution in [2.24, 2.45) is 0 Å². The number of hydroxylamine groups is 4. The van der Waals surface area contributed by atoms with Crippen LogP contribution in [-0.4, -0.2) is 21.2 Å². The van der Waals surface area contributed by atoms with Gasteiger partial charge in [-0.2, -0.15) is 0 Å². The van der Waals surface area contributed by atoms with Gasteiger partial charge in [-0.25, -0.2) is 4.57 Å². The summed E-state index contributed by atoms with van der Waals surface area (Å²) in [5.74, 6) is 0. The van der Waals surface area contributed by atoms with E-state index >= 15 is 0 Å². The lowest BCUT2D eigenvalue weighted by molar-refractivity contribution is -0.693. The molecule has 1 aromatic heterocycles. The topological polar surface area (TPSA) is 53.3 Å². The summed E-state index contributed by atoms with van der Waals surface area (Å²) in [5, 5.41) is 26.8. The van der Waals surface area contributed by atoms with Crippen molar-refractivity contribution in [3.63, 3.8) is 0 Å². The number of hydrogen-bond donors (Lipinski definition) is 0. The van der Waals surface area contributed by atoms with Crippen LogP contribution in [0.2, 0.25) is 0 Å². The van der Waals surface area contributed by atoms with E-state index in [-0.39, 0.29) is 0 Å². The van der Waals surface area contributed by atoms with Gasteiger partial charge in [0.25, 0.3) is 0 Å². The highest BCUT2D eigenvalue weighted by Gasteiger charge is 2.55. The largest absolute Gasteiger partial charge is 0.783 e. The SMILES string of the molecule is CC[n+]1ccc(C2N([O])C(C)(C)C(C)(C)N2[O-])cc1. The molecule has 1 saturated heterocycles. The molecule has 19 heavy (non-hydrogen) atoms. The van der Waals surface area contributed by atoms with Gasteiger partial charge in [-0.05, 0) is 40.2 Å². The van der Waals surface area contributed by atoms with Gasteiger partial charge >= 0.3 is 0 Å². The fraction of sp³-hybridized carbons (Fsp3) is 0.643. The van der Waals surface area contributed by atoms with Gasteiger partial charge in [0.15, 0.2) is 12.4 Å². The van der Waals surface area contributed by atoms with Gasteiger partial charge in [0, 0.05) is 17.7 Å². The molecular formula is C14H22N3O2. The van der Waals surface area contributed by atoms with Crippen molar-refractivity contribution in [3.05, 3.63) is 35.3 Å². The molecule has 0 spiro atoms. The maximum atomic E-state index is 12.5. The van der Waals surface area contributed by atoms with E-state index in [9.17, 15) is 10.4 Å². The molecule has 0 amide bonds. The Morgan fingerprint density at radius 1 is 1.21 bits per heavy atom. The molecule has 5 nitrogen and oxygen atoms in total. The number of rotatable bonds is 2. The number of aryl methyl sites for hydroxylation is 1. The molecule has 1 aliphatic rings. The highest BCUT2D eigenvalue weighted by atomic mass is 16.6. The van der Waals surface area contributed by atoms with E-state index in [1.54, 1.807) is 0 Å². The van der Waals surface area contributed by atoms with Crippen LogP contribution < -0.4 is 4.57 Å². The molecule has 1 aromatic rings. The lowest BCUT2D eigenvalue weighted by Gasteiger charge is -2.44. The van der Waals surface area contributed by atoms with Gasteiger partial charge in [0.2, 0.25) is 0 Å². The Morgan fingerprint density at radius 3 is 2.11 bits per heavy atom. The second-order valence-corrected chi connectivity index (χ2v) is 6.11. The van der Waals surface area contributed by atoms with E-state index in [1.165, 1.54) is 0 Å². The lowest BCUT2D eigenvalue weighted by Crippen LogP contribution is -2.51. The summed E-state index contributed by atoms with van der Waals surface area (Å²) in [6.07, 6.45) is 3.03. The van der Waals surface area contributed by atoms with Gasteiger partial charge < -0.3 is 10.3 Å². The zero-order chi connectivity index (χ0) is 14.4. The van der Waals surface area contributed by atoms with Gasteiger partial charge in [-0.3, -0.25) is 0 Å². The molecule has 5 heteroatoms. The van der Waals surface area contributed by atoms with Gasteiger partial charge in [-0.1, -0.05) is 0 Å². The molecule has 1 fully saturated rings. The fourth-order valence-electron chi connectivity index (χ4n) is 2.37. The fourth-order valence-corrected chi connectivity index (χ4v) is 2.37. The first-order valence-electron chi connectivity index (χ1n) is 6.65.